The Morgan fingerprint density at radius 3 is 0.985 bits per heavy atom. The maximum atomic E-state index is 12.8. The molecule has 8 rings (SSSR count). The Morgan fingerprint density at radius 2 is 0.687 bits per heavy atom. The number of aromatic hydroxyl groups is 2. The number of phenols is 2. The highest BCUT2D eigenvalue weighted by atomic mass is 31.1. The molecule has 0 heterocycles. The fourth-order valence-corrected chi connectivity index (χ4v) is 13.2. The lowest BCUT2D eigenvalue weighted by Crippen LogP contribution is -2.32. The van der Waals surface area contributed by atoms with Crippen LogP contribution >= 0.6 is 16.4 Å². The fourth-order valence-electron chi connectivity index (χ4n) is 9.89. The number of hydrogen-bond donors (Lipinski definition) is 2. The zero-order valence-corrected chi connectivity index (χ0v) is 41.8. The standard InChI is InChI=1S/C62H63BO2P2/c1-59(2,3)53-39-45(57(64)55(41-53)61(47-25-13-7-14-26-47,48-27-15-8-16-28-48)49-29-17-9-18-30-49)43-66-37-38-67(63)44-46-40-54(60(4,5)6)42-56(58(46)65)62(50-31-19-10-20-32-50,51-33-21-11-22-34-51)52-35-23-12-24-36-52/h7-36,39-42,64-66H,37-38,43-44H2,1-6H3. The van der Waals surface area contributed by atoms with E-state index in [1.807, 2.05) is 0 Å². The first kappa shape index (κ1) is 47.8. The Hall–Kier alpha value is -5.72. The number of phenolic OH excluding ortho intramolecular Hbond substituents is 2. The van der Waals surface area contributed by atoms with Crippen molar-refractivity contribution in [3.8, 4) is 11.5 Å². The van der Waals surface area contributed by atoms with Gasteiger partial charge < -0.3 is 10.2 Å². The molecule has 0 aliphatic heterocycles. The lowest BCUT2D eigenvalue weighted by Gasteiger charge is -2.38. The van der Waals surface area contributed by atoms with Gasteiger partial charge in [0.15, 0.2) is 0 Å². The highest BCUT2D eigenvalue weighted by Gasteiger charge is 2.43. The van der Waals surface area contributed by atoms with Crippen molar-refractivity contribution in [1.82, 2.24) is 0 Å². The molecule has 5 heteroatoms. The minimum atomic E-state index is -0.976. The number of hydrogen-bond acceptors (Lipinski definition) is 2. The molecule has 0 amide bonds. The van der Waals surface area contributed by atoms with Gasteiger partial charge in [-0.15, -0.1) is 8.58 Å². The molecule has 2 radical (unpaired) electrons. The van der Waals surface area contributed by atoms with Gasteiger partial charge in [-0.1, -0.05) is 236 Å². The maximum Gasteiger partial charge on any atom is 0.123 e. The highest BCUT2D eigenvalue weighted by Crippen LogP contribution is 2.53. The minimum Gasteiger partial charge on any atom is -0.507 e. The van der Waals surface area contributed by atoms with Gasteiger partial charge in [0.05, 0.1) is 10.8 Å². The van der Waals surface area contributed by atoms with Crippen molar-refractivity contribution in [2.24, 2.45) is 0 Å². The second kappa shape index (κ2) is 20.3. The average molecular weight is 913 g/mol. The molecule has 8 aromatic carbocycles. The summed E-state index contributed by atoms with van der Waals surface area (Å²) < 4.78 is 0. The summed E-state index contributed by atoms with van der Waals surface area (Å²) in [6.45, 7) is 13.5. The Labute approximate surface area is 404 Å². The van der Waals surface area contributed by atoms with Crippen molar-refractivity contribution in [2.45, 2.75) is 75.5 Å². The van der Waals surface area contributed by atoms with Gasteiger partial charge in [-0.05, 0) is 103 Å². The maximum absolute atomic E-state index is 12.8. The molecule has 2 unspecified atom stereocenters. The SMILES string of the molecule is [B]P(CCPCc1cc(C(C)(C)C)cc(C(c2ccccc2)(c2ccccc2)c2ccccc2)c1O)Cc1cc(C(C)(C)C)cc(C(c2ccccc2)(c2ccccc2)c2ccccc2)c1O. The summed E-state index contributed by atoms with van der Waals surface area (Å²) >= 11 is 0. The number of rotatable bonds is 15. The zero-order valence-electron chi connectivity index (χ0n) is 39.9. The molecular weight excluding hydrogens is 849 g/mol. The van der Waals surface area contributed by atoms with Crippen molar-refractivity contribution in [3.05, 3.63) is 273 Å². The van der Waals surface area contributed by atoms with Crippen LogP contribution in [0.5, 0.6) is 11.5 Å². The third kappa shape index (κ3) is 9.70. The Bertz CT molecular complexity index is 2660. The van der Waals surface area contributed by atoms with E-state index in [0.29, 0.717) is 26.2 Å². The molecule has 2 N–H and O–H groups in total. The molecule has 2 nitrogen and oxygen atoms in total. The Balaban J connectivity index is 1.14. The first-order valence-corrected chi connectivity index (χ1v) is 26.7. The molecule has 0 spiro atoms. The average Bonchev–Trinajstić information content (AvgIpc) is 3.34. The lowest BCUT2D eigenvalue weighted by atomic mass is 9.64. The number of benzene rings is 8. The van der Waals surface area contributed by atoms with Crippen LogP contribution in [-0.2, 0) is 34.0 Å². The summed E-state index contributed by atoms with van der Waals surface area (Å²) in [5.41, 5.74) is 10.7. The summed E-state index contributed by atoms with van der Waals surface area (Å²) in [6, 6.07) is 72.6. The summed E-state index contributed by atoms with van der Waals surface area (Å²) in [5.74, 6) is 0.655. The van der Waals surface area contributed by atoms with Crippen LogP contribution in [0.15, 0.2) is 206 Å². The normalized spacial score (nSPS) is 12.9. The minimum absolute atomic E-state index is 0.163. The molecule has 0 bridgehead atoms. The van der Waals surface area contributed by atoms with Crippen molar-refractivity contribution >= 4 is 23.9 Å². The van der Waals surface area contributed by atoms with E-state index in [2.05, 4.69) is 248 Å². The van der Waals surface area contributed by atoms with Crippen LogP contribution in [0.3, 0.4) is 0 Å². The van der Waals surface area contributed by atoms with Crippen molar-refractivity contribution in [1.29, 1.82) is 0 Å². The monoisotopic (exact) mass is 912 g/mol. The molecule has 0 saturated heterocycles. The Kier molecular flexibility index (Phi) is 14.4. The van der Waals surface area contributed by atoms with Gasteiger partial charge >= 0.3 is 0 Å². The highest BCUT2D eigenvalue weighted by molar-refractivity contribution is 7.81. The topological polar surface area (TPSA) is 40.5 Å². The predicted octanol–water partition coefficient (Wildman–Crippen LogP) is 15.4. The third-order valence-corrected chi connectivity index (χ3v) is 16.6. The molecule has 336 valence electrons. The van der Waals surface area contributed by atoms with Crippen molar-refractivity contribution in [2.75, 3.05) is 12.3 Å². The van der Waals surface area contributed by atoms with E-state index < -0.39 is 18.6 Å². The van der Waals surface area contributed by atoms with Crippen molar-refractivity contribution < 1.29 is 10.2 Å². The van der Waals surface area contributed by atoms with Gasteiger partial charge in [-0.3, -0.25) is 0 Å². The lowest BCUT2D eigenvalue weighted by molar-refractivity contribution is 0.453. The molecular formula is C62H63BO2P2. The molecule has 0 saturated carbocycles. The van der Waals surface area contributed by atoms with Crippen molar-refractivity contribution in [3.63, 3.8) is 0 Å². The molecule has 2 atom stereocenters. The zero-order chi connectivity index (χ0) is 47.2. The van der Waals surface area contributed by atoms with E-state index in [0.717, 1.165) is 79.7 Å². The summed E-state index contributed by atoms with van der Waals surface area (Å²) in [7, 11) is 6.77. The van der Waals surface area contributed by atoms with Crippen LogP contribution in [0, 0.1) is 0 Å². The molecule has 8 aromatic rings. The van der Waals surface area contributed by atoms with Crippen LogP contribution in [0.1, 0.15) is 108 Å². The van der Waals surface area contributed by atoms with Crippen LogP contribution in [-0.4, -0.2) is 30.1 Å². The van der Waals surface area contributed by atoms with E-state index in [1.165, 1.54) is 5.56 Å². The quantitative estimate of drug-likeness (QED) is 0.0466. The third-order valence-electron chi connectivity index (χ3n) is 13.4. The molecule has 0 aromatic heterocycles. The predicted molar refractivity (Wildman–Crippen MR) is 288 cm³/mol. The van der Waals surface area contributed by atoms with Crippen LogP contribution in [0.2, 0.25) is 0 Å². The summed E-state index contributed by atoms with van der Waals surface area (Å²) in [4.78, 5) is 0. The fraction of sp³-hybridized carbons (Fsp3) is 0.226. The second-order valence-corrected chi connectivity index (χ2v) is 23.2. The van der Waals surface area contributed by atoms with Gasteiger partial charge in [0.25, 0.3) is 0 Å². The van der Waals surface area contributed by atoms with E-state index >= 15 is 0 Å². The molecule has 67 heavy (non-hydrogen) atoms. The van der Waals surface area contributed by atoms with Crippen LogP contribution < -0.4 is 0 Å². The van der Waals surface area contributed by atoms with E-state index in [1.54, 1.807) is 0 Å². The summed E-state index contributed by atoms with van der Waals surface area (Å²) in [5, 5.41) is 25.5. The van der Waals surface area contributed by atoms with Gasteiger partial charge in [-0.25, -0.2) is 0 Å². The van der Waals surface area contributed by atoms with Gasteiger partial charge in [0.1, 0.15) is 19.1 Å². The first-order chi connectivity index (χ1) is 32.3. The van der Waals surface area contributed by atoms with E-state index in [-0.39, 0.29) is 10.8 Å². The molecule has 0 fully saturated rings. The van der Waals surface area contributed by atoms with Gasteiger partial charge in [-0.2, -0.15) is 7.80 Å². The van der Waals surface area contributed by atoms with E-state index in [9.17, 15) is 10.2 Å². The van der Waals surface area contributed by atoms with Gasteiger partial charge in [0.2, 0.25) is 0 Å². The molecule has 0 aliphatic rings. The van der Waals surface area contributed by atoms with Gasteiger partial charge in [0, 0.05) is 11.1 Å². The van der Waals surface area contributed by atoms with E-state index in [4.69, 9.17) is 7.57 Å². The Morgan fingerprint density at radius 1 is 0.403 bits per heavy atom. The smallest absolute Gasteiger partial charge is 0.123 e. The first-order valence-electron chi connectivity index (χ1n) is 23.5. The molecule has 0 aliphatic carbocycles. The van der Waals surface area contributed by atoms with Crippen LogP contribution in [0.4, 0.5) is 0 Å². The summed E-state index contributed by atoms with van der Waals surface area (Å²) in [6.07, 6.45) is 3.10. The second-order valence-electron chi connectivity index (χ2n) is 19.9. The largest absolute Gasteiger partial charge is 0.507 e. The van der Waals surface area contributed by atoms with Crippen LogP contribution in [0.25, 0.3) is 0 Å².